The lowest BCUT2D eigenvalue weighted by Gasteiger charge is -2.36. The molecule has 2 rings (SSSR count). The zero-order valence-electron chi connectivity index (χ0n) is 9.32. The topological polar surface area (TPSA) is 68.9 Å². The molecule has 1 aliphatic carbocycles. The van der Waals surface area contributed by atoms with Crippen molar-refractivity contribution in [1.29, 1.82) is 5.26 Å². The molecule has 0 saturated heterocycles. The van der Waals surface area contributed by atoms with Crippen molar-refractivity contribution in [1.82, 2.24) is 4.98 Å². The van der Waals surface area contributed by atoms with Gasteiger partial charge < -0.3 is 10.4 Å². The van der Waals surface area contributed by atoms with Gasteiger partial charge in [0.25, 0.3) is 0 Å². The Kier molecular flexibility index (Phi) is 2.80. The van der Waals surface area contributed by atoms with Crippen LogP contribution >= 0.6 is 0 Å². The van der Waals surface area contributed by atoms with Crippen LogP contribution in [0.5, 0.6) is 0 Å². The zero-order chi connectivity index (χ0) is 11.6. The number of aryl methyl sites for hydroxylation is 1. The molecule has 2 N–H and O–H groups in total. The molecule has 4 heteroatoms. The molecule has 0 unspecified atom stereocenters. The minimum absolute atomic E-state index is 0.508. The summed E-state index contributed by atoms with van der Waals surface area (Å²) in [5.41, 5.74) is 0.829. The first-order valence-electron chi connectivity index (χ1n) is 5.46. The summed E-state index contributed by atoms with van der Waals surface area (Å²) in [6.07, 6.45) is 2.77. The Morgan fingerprint density at radius 2 is 2.31 bits per heavy atom. The van der Waals surface area contributed by atoms with Crippen LogP contribution in [0.1, 0.15) is 30.5 Å². The lowest BCUT2D eigenvalue weighted by molar-refractivity contribution is -0.0202. The number of nitrogens with one attached hydrogen (secondary N) is 1. The summed E-state index contributed by atoms with van der Waals surface area (Å²) in [7, 11) is 0. The predicted molar refractivity (Wildman–Crippen MR) is 61.0 cm³/mol. The van der Waals surface area contributed by atoms with Crippen LogP contribution in [0.15, 0.2) is 12.1 Å². The highest BCUT2D eigenvalue weighted by atomic mass is 16.3. The van der Waals surface area contributed by atoms with Gasteiger partial charge in [0.15, 0.2) is 0 Å². The van der Waals surface area contributed by atoms with Crippen LogP contribution in [0, 0.1) is 18.3 Å². The fraction of sp³-hybridized carbons (Fsp3) is 0.500. The number of hydrogen-bond donors (Lipinski definition) is 2. The van der Waals surface area contributed by atoms with Crippen molar-refractivity contribution in [2.45, 2.75) is 31.8 Å². The van der Waals surface area contributed by atoms with Crippen LogP contribution in [0.3, 0.4) is 0 Å². The summed E-state index contributed by atoms with van der Waals surface area (Å²) in [6, 6.07) is 5.53. The molecule has 0 bridgehead atoms. The molecule has 0 spiro atoms. The van der Waals surface area contributed by atoms with E-state index in [0.717, 1.165) is 25.0 Å². The van der Waals surface area contributed by atoms with E-state index in [1.165, 1.54) is 0 Å². The third kappa shape index (κ3) is 2.31. The molecule has 1 aromatic heterocycles. The van der Waals surface area contributed by atoms with E-state index in [2.05, 4.69) is 16.4 Å². The highest BCUT2D eigenvalue weighted by molar-refractivity contribution is 5.44. The Balaban J connectivity index is 2.04. The Morgan fingerprint density at radius 3 is 2.88 bits per heavy atom. The first-order chi connectivity index (χ1) is 7.61. The number of hydrogen-bond acceptors (Lipinski definition) is 4. The van der Waals surface area contributed by atoms with Crippen LogP contribution < -0.4 is 5.32 Å². The highest BCUT2D eigenvalue weighted by Gasteiger charge is 2.33. The van der Waals surface area contributed by atoms with E-state index in [4.69, 9.17) is 5.26 Å². The molecule has 0 aromatic carbocycles. The Bertz CT molecular complexity index is 432. The van der Waals surface area contributed by atoms with E-state index >= 15 is 0 Å². The van der Waals surface area contributed by atoms with Crippen molar-refractivity contribution in [2.75, 3.05) is 11.9 Å². The molecule has 0 amide bonds. The maximum Gasteiger partial charge on any atom is 0.127 e. The molecular formula is C12H15N3O. The molecule has 1 aliphatic rings. The van der Waals surface area contributed by atoms with Crippen molar-refractivity contribution in [3.63, 3.8) is 0 Å². The van der Waals surface area contributed by atoms with Gasteiger partial charge in [0, 0.05) is 12.2 Å². The van der Waals surface area contributed by atoms with Gasteiger partial charge in [-0.1, -0.05) is 0 Å². The average molecular weight is 217 g/mol. The Morgan fingerprint density at radius 1 is 1.56 bits per heavy atom. The van der Waals surface area contributed by atoms with Gasteiger partial charge in [0.2, 0.25) is 0 Å². The molecule has 4 nitrogen and oxygen atoms in total. The summed E-state index contributed by atoms with van der Waals surface area (Å²) in [6.45, 7) is 2.36. The first kappa shape index (κ1) is 10.9. The SMILES string of the molecule is Cc1cc(C#N)cc(NCC2(O)CCC2)n1. The summed E-state index contributed by atoms with van der Waals surface area (Å²) in [5, 5.41) is 21.8. The normalized spacial score (nSPS) is 17.3. The molecule has 0 radical (unpaired) electrons. The molecule has 1 saturated carbocycles. The maximum absolute atomic E-state index is 9.91. The van der Waals surface area contributed by atoms with E-state index in [1.54, 1.807) is 12.1 Å². The average Bonchev–Trinajstić information content (AvgIpc) is 2.23. The zero-order valence-corrected chi connectivity index (χ0v) is 9.32. The maximum atomic E-state index is 9.91. The van der Waals surface area contributed by atoms with Crippen molar-refractivity contribution >= 4 is 5.82 Å². The standard InChI is InChI=1S/C12H15N3O/c1-9-5-10(7-13)6-11(15-9)14-8-12(16)3-2-4-12/h5-6,16H,2-4,8H2,1H3,(H,14,15). The van der Waals surface area contributed by atoms with Gasteiger partial charge in [-0.2, -0.15) is 5.26 Å². The number of nitrogens with zero attached hydrogens (tertiary/aromatic N) is 2. The lowest BCUT2D eigenvalue weighted by atomic mass is 9.80. The third-order valence-corrected chi connectivity index (χ3v) is 2.97. The van der Waals surface area contributed by atoms with Gasteiger partial charge in [-0.05, 0) is 38.3 Å². The van der Waals surface area contributed by atoms with Crippen molar-refractivity contribution in [3.05, 3.63) is 23.4 Å². The highest BCUT2D eigenvalue weighted by Crippen LogP contribution is 2.31. The van der Waals surface area contributed by atoms with E-state index in [0.29, 0.717) is 17.9 Å². The van der Waals surface area contributed by atoms with Crippen LogP contribution in [0.25, 0.3) is 0 Å². The lowest BCUT2D eigenvalue weighted by Crippen LogP contribution is -2.43. The van der Waals surface area contributed by atoms with E-state index < -0.39 is 5.60 Å². The quantitative estimate of drug-likeness (QED) is 0.806. The molecule has 0 aliphatic heterocycles. The summed E-state index contributed by atoms with van der Waals surface area (Å²) in [5.74, 6) is 0.664. The predicted octanol–water partition coefficient (Wildman–Crippen LogP) is 1.59. The van der Waals surface area contributed by atoms with Gasteiger partial charge in [0.05, 0.1) is 17.2 Å². The number of anilines is 1. The van der Waals surface area contributed by atoms with Crippen LogP contribution in [0.2, 0.25) is 0 Å². The third-order valence-electron chi connectivity index (χ3n) is 2.97. The molecule has 16 heavy (non-hydrogen) atoms. The van der Waals surface area contributed by atoms with E-state index in [1.807, 2.05) is 6.92 Å². The van der Waals surface area contributed by atoms with E-state index in [9.17, 15) is 5.11 Å². The van der Waals surface area contributed by atoms with Gasteiger partial charge in [-0.25, -0.2) is 4.98 Å². The Hall–Kier alpha value is -1.60. The fourth-order valence-electron chi connectivity index (χ4n) is 1.84. The second kappa shape index (κ2) is 4.11. The first-order valence-corrected chi connectivity index (χ1v) is 5.46. The number of aromatic nitrogens is 1. The summed E-state index contributed by atoms with van der Waals surface area (Å²) in [4.78, 5) is 4.27. The fourth-order valence-corrected chi connectivity index (χ4v) is 1.84. The summed E-state index contributed by atoms with van der Waals surface area (Å²) < 4.78 is 0. The van der Waals surface area contributed by atoms with Crippen LogP contribution in [-0.4, -0.2) is 22.2 Å². The van der Waals surface area contributed by atoms with Crippen molar-refractivity contribution in [2.24, 2.45) is 0 Å². The minimum atomic E-state index is -0.571. The van der Waals surface area contributed by atoms with Crippen molar-refractivity contribution in [3.8, 4) is 6.07 Å². The van der Waals surface area contributed by atoms with Crippen molar-refractivity contribution < 1.29 is 5.11 Å². The Labute approximate surface area is 94.9 Å². The second-order valence-electron chi connectivity index (χ2n) is 4.43. The monoisotopic (exact) mass is 217 g/mol. The van der Waals surface area contributed by atoms with Gasteiger partial charge in [-0.3, -0.25) is 0 Å². The smallest absolute Gasteiger partial charge is 0.127 e. The molecule has 1 fully saturated rings. The number of pyridine rings is 1. The number of rotatable bonds is 3. The van der Waals surface area contributed by atoms with Gasteiger partial charge in [-0.15, -0.1) is 0 Å². The number of aliphatic hydroxyl groups is 1. The summed E-state index contributed by atoms with van der Waals surface area (Å²) >= 11 is 0. The molecular weight excluding hydrogens is 202 g/mol. The largest absolute Gasteiger partial charge is 0.388 e. The van der Waals surface area contributed by atoms with E-state index in [-0.39, 0.29) is 0 Å². The minimum Gasteiger partial charge on any atom is -0.388 e. The van der Waals surface area contributed by atoms with Gasteiger partial charge >= 0.3 is 0 Å². The molecule has 84 valence electrons. The molecule has 1 heterocycles. The van der Waals surface area contributed by atoms with Crippen LogP contribution in [-0.2, 0) is 0 Å². The molecule has 0 atom stereocenters. The van der Waals surface area contributed by atoms with Gasteiger partial charge in [0.1, 0.15) is 5.82 Å². The molecule has 1 aromatic rings. The number of nitriles is 1. The second-order valence-corrected chi connectivity index (χ2v) is 4.43. The van der Waals surface area contributed by atoms with Crippen LogP contribution in [0.4, 0.5) is 5.82 Å².